The van der Waals surface area contributed by atoms with Crippen molar-refractivity contribution in [3.63, 3.8) is 0 Å². The minimum Gasteiger partial charge on any atom is -0.371 e. The Hall–Kier alpha value is -2.07. The predicted molar refractivity (Wildman–Crippen MR) is 84.8 cm³/mol. The highest BCUT2D eigenvalue weighted by Crippen LogP contribution is 2.22. The summed E-state index contributed by atoms with van der Waals surface area (Å²) in [6.07, 6.45) is 2.40. The largest absolute Gasteiger partial charge is 0.371 e. The van der Waals surface area contributed by atoms with E-state index in [2.05, 4.69) is 15.8 Å². The normalized spacial score (nSPS) is 14.4. The number of nitrogens with one attached hydrogen (secondary N) is 2. The van der Waals surface area contributed by atoms with Gasteiger partial charge in [-0.2, -0.15) is 0 Å². The Labute approximate surface area is 124 Å². The first-order valence-electron chi connectivity index (χ1n) is 7.40. The lowest BCUT2D eigenvalue weighted by Gasteiger charge is -2.18. The average molecular weight is 285 g/mol. The minimum atomic E-state index is -0.151. The molecule has 0 amide bonds. The minimum absolute atomic E-state index is 0.151. The number of halogens is 1. The van der Waals surface area contributed by atoms with Crippen LogP contribution in [0.1, 0.15) is 18.4 Å². The van der Waals surface area contributed by atoms with E-state index < -0.39 is 0 Å². The van der Waals surface area contributed by atoms with Crippen molar-refractivity contribution in [2.24, 2.45) is 0 Å². The number of rotatable bonds is 5. The second-order valence-corrected chi connectivity index (χ2v) is 5.31. The molecule has 1 fully saturated rings. The van der Waals surface area contributed by atoms with E-state index in [1.807, 2.05) is 42.5 Å². The first-order chi connectivity index (χ1) is 10.3. The number of hydrogen-bond acceptors (Lipinski definition) is 3. The third-order valence-electron chi connectivity index (χ3n) is 3.79. The van der Waals surface area contributed by atoms with Crippen LogP contribution in [0.5, 0.6) is 0 Å². The van der Waals surface area contributed by atoms with Crippen LogP contribution in [0, 0.1) is 5.82 Å². The summed E-state index contributed by atoms with van der Waals surface area (Å²) in [7, 11) is 0. The maximum atomic E-state index is 14.1. The monoisotopic (exact) mass is 285 g/mol. The van der Waals surface area contributed by atoms with E-state index in [1.165, 1.54) is 12.8 Å². The van der Waals surface area contributed by atoms with Gasteiger partial charge in [-0.3, -0.25) is 0 Å². The van der Waals surface area contributed by atoms with Crippen LogP contribution in [-0.2, 0) is 6.54 Å². The second kappa shape index (κ2) is 6.59. The van der Waals surface area contributed by atoms with E-state index in [9.17, 15) is 4.39 Å². The highest BCUT2D eigenvalue weighted by molar-refractivity contribution is 5.49. The summed E-state index contributed by atoms with van der Waals surface area (Å²) in [5, 5.41) is 0. The Kier molecular flexibility index (Phi) is 4.36. The van der Waals surface area contributed by atoms with Gasteiger partial charge in [-0.05, 0) is 37.1 Å². The summed E-state index contributed by atoms with van der Waals surface area (Å²) in [4.78, 5) is 2.24. The quantitative estimate of drug-likeness (QED) is 0.823. The lowest BCUT2D eigenvalue weighted by molar-refractivity contribution is 0.599. The summed E-state index contributed by atoms with van der Waals surface area (Å²) in [5.41, 5.74) is 8.73. The molecule has 0 unspecified atom stereocenters. The Bertz CT molecular complexity index is 580. The number of hydrogen-bond donors (Lipinski definition) is 2. The lowest BCUT2D eigenvalue weighted by atomic mass is 10.2. The van der Waals surface area contributed by atoms with Crippen LogP contribution in [0.4, 0.5) is 15.8 Å². The molecule has 4 heteroatoms. The summed E-state index contributed by atoms with van der Waals surface area (Å²) in [6.45, 7) is 2.51. The molecule has 21 heavy (non-hydrogen) atoms. The van der Waals surface area contributed by atoms with Crippen molar-refractivity contribution >= 4 is 11.4 Å². The van der Waals surface area contributed by atoms with Crippen molar-refractivity contribution < 1.29 is 4.39 Å². The molecule has 0 saturated carbocycles. The van der Waals surface area contributed by atoms with Crippen molar-refractivity contribution in [2.45, 2.75) is 19.4 Å². The highest BCUT2D eigenvalue weighted by atomic mass is 19.1. The van der Waals surface area contributed by atoms with E-state index in [4.69, 9.17) is 0 Å². The second-order valence-electron chi connectivity index (χ2n) is 5.31. The molecule has 1 aliphatic heterocycles. The molecule has 2 aromatic carbocycles. The summed E-state index contributed by atoms with van der Waals surface area (Å²) in [6, 6.07) is 15.3. The number of para-hydroxylation sites is 1. The molecule has 0 atom stereocenters. The van der Waals surface area contributed by atoms with Crippen LogP contribution in [-0.4, -0.2) is 13.1 Å². The first kappa shape index (κ1) is 13.9. The Morgan fingerprint density at radius 2 is 1.76 bits per heavy atom. The fraction of sp³-hybridized carbons (Fsp3) is 0.294. The summed E-state index contributed by atoms with van der Waals surface area (Å²) >= 11 is 0. The molecule has 0 bridgehead atoms. The third-order valence-corrected chi connectivity index (χ3v) is 3.79. The topological polar surface area (TPSA) is 27.3 Å². The zero-order valence-electron chi connectivity index (χ0n) is 12.0. The van der Waals surface area contributed by atoms with Gasteiger partial charge in [0.1, 0.15) is 5.82 Å². The first-order valence-corrected chi connectivity index (χ1v) is 7.40. The average Bonchev–Trinajstić information content (AvgIpc) is 3.04. The van der Waals surface area contributed by atoms with Crippen LogP contribution < -0.4 is 15.8 Å². The Morgan fingerprint density at radius 1 is 1.00 bits per heavy atom. The Morgan fingerprint density at radius 3 is 2.48 bits per heavy atom. The molecule has 0 aliphatic carbocycles. The number of benzene rings is 2. The zero-order valence-corrected chi connectivity index (χ0v) is 12.0. The smallest absolute Gasteiger partial charge is 0.129 e. The molecule has 3 rings (SSSR count). The standard InChI is InChI=1S/C17H20FN3/c18-17-12-16(21-10-4-5-11-21)9-8-14(17)13-19-20-15-6-2-1-3-7-15/h1-3,6-9,12,19-20H,4-5,10-11,13H2. The maximum Gasteiger partial charge on any atom is 0.129 e. The molecule has 0 radical (unpaired) electrons. The van der Waals surface area contributed by atoms with Gasteiger partial charge in [0.15, 0.2) is 0 Å². The fourth-order valence-electron chi connectivity index (χ4n) is 2.61. The molecule has 2 N–H and O–H groups in total. The van der Waals surface area contributed by atoms with Gasteiger partial charge >= 0.3 is 0 Å². The van der Waals surface area contributed by atoms with Gasteiger partial charge in [-0.25, -0.2) is 9.82 Å². The van der Waals surface area contributed by atoms with Gasteiger partial charge in [0, 0.05) is 36.6 Å². The van der Waals surface area contributed by atoms with Crippen molar-refractivity contribution in [1.82, 2.24) is 5.43 Å². The predicted octanol–water partition coefficient (Wildman–Crippen LogP) is 3.54. The van der Waals surface area contributed by atoms with E-state index in [1.54, 1.807) is 6.07 Å². The van der Waals surface area contributed by atoms with Gasteiger partial charge in [-0.15, -0.1) is 0 Å². The van der Waals surface area contributed by atoms with Crippen LogP contribution in [0.15, 0.2) is 48.5 Å². The number of hydrazine groups is 1. The van der Waals surface area contributed by atoms with E-state index in [0.29, 0.717) is 12.1 Å². The highest BCUT2D eigenvalue weighted by Gasteiger charge is 2.13. The van der Waals surface area contributed by atoms with Crippen molar-refractivity contribution in [2.75, 3.05) is 23.4 Å². The van der Waals surface area contributed by atoms with E-state index in [-0.39, 0.29) is 5.82 Å². The lowest BCUT2D eigenvalue weighted by Crippen LogP contribution is -2.22. The van der Waals surface area contributed by atoms with Crippen molar-refractivity contribution in [1.29, 1.82) is 0 Å². The molecule has 0 aromatic heterocycles. The molecule has 1 heterocycles. The summed E-state index contributed by atoms with van der Waals surface area (Å²) < 4.78 is 14.1. The third kappa shape index (κ3) is 3.52. The maximum absolute atomic E-state index is 14.1. The van der Waals surface area contributed by atoms with Crippen molar-refractivity contribution in [3.05, 3.63) is 59.9 Å². The van der Waals surface area contributed by atoms with Gasteiger partial charge in [0.2, 0.25) is 0 Å². The van der Waals surface area contributed by atoms with Gasteiger partial charge < -0.3 is 10.3 Å². The van der Waals surface area contributed by atoms with Crippen molar-refractivity contribution in [3.8, 4) is 0 Å². The molecular weight excluding hydrogens is 265 g/mol. The van der Waals surface area contributed by atoms with Crippen LogP contribution in [0.25, 0.3) is 0 Å². The number of anilines is 2. The molecule has 2 aromatic rings. The van der Waals surface area contributed by atoms with Gasteiger partial charge in [0.25, 0.3) is 0 Å². The Balaban J connectivity index is 1.58. The van der Waals surface area contributed by atoms with Crippen LogP contribution in [0.3, 0.4) is 0 Å². The molecule has 3 nitrogen and oxygen atoms in total. The fourth-order valence-corrected chi connectivity index (χ4v) is 2.61. The molecule has 0 spiro atoms. The van der Waals surface area contributed by atoms with Crippen LogP contribution >= 0.6 is 0 Å². The number of nitrogens with zero attached hydrogens (tertiary/aromatic N) is 1. The van der Waals surface area contributed by atoms with Gasteiger partial charge in [-0.1, -0.05) is 24.3 Å². The molecule has 1 saturated heterocycles. The molecule has 110 valence electrons. The van der Waals surface area contributed by atoms with E-state index >= 15 is 0 Å². The summed E-state index contributed by atoms with van der Waals surface area (Å²) in [5.74, 6) is -0.151. The SMILES string of the molecule is Fc1cc(N2CCCC2)ccc1CNNc1ccccc1. The molecular formula is C17H20FN3. The molecule has 1 aliphatic rings. The van der Waals surface area contributed by atoms with E-state index in [0.717, 1.165) is 24.5 Å². The van der Waals surface area contributed by atoms with Crippen LogP contribution in [0.2, 0.25) is 0 Å². The zero-order chi connectivity index (χ0) is 14.5. The van der Waals surface area contributed by atoms with Gasteiger partial charge in [0.05, 0.1) is 0 Å².